The van der Waals surface area contributed by atoms with E-state index in [1.165, 1.54) is 24.3 Å². The van der Waals surface area contributed by atoms with E-state index in [4.69, 9.17) is 0 Å². The summed E-state index contributed by atoms with van der Waals surface area (Å²) in [5.41, 5.74) is 4.14. The minimum Gasteiger partial charge on any atom is -0.357 e. The smallest absolute Gasteiger partial charge is 0.357 e. The third-order valence-electron chi connectivity index (χ3n) is 3.93. The lowest BCUT2D eigenvalue weighted by Crippen LogP contribution is -2.42. The third kappa shape index (κ3) is 3.27. The fourth-order valence-corrected chi connectivity index (χ4v) is 2.66. The van der Waals surface area contributed by atoms with E-state index in [0.717, 1.165) is 6.07 Å². The fraction of sp³-hybridized carbons (Fsp3) is 0.250. The van der Waals surface area contributed by atoms with Crippen LogP contribution >= 0.6 is 0 Å². The van der Waals surface area contributed by atoms with Crippen LogP contribution in [0.25, 0.3) is 0 Å². The summed E-state index contributed by atoms with van der Waals surface area (Å²) in [6.07, 6.45) is -2.58. The molecule has 1 saturated carbocycles. The number of aromatic nitrogens is 1. The van der Waals surface area contributed by atoms with Gasteiger partial charge in [0.15, 0.2) is 0 Å². The standard InChI is InChI=1S/C16H14F3N3O2/c17-16(18,19)12-5-2-1-4-9(12)10-8-11(10)14(23)21-22-15(24)13-6-3-7-20-13/h1-7,10-11,20H,8H2,(H,21,23)(H,22,24)/t10-,11-/m1/s1. The molecule has 1 aromatic heterocycles. The zero-order valence-corrected chi connectivity index (χ0v) is 12.4. The van der Waals surface area contributed by atoms with Crippen molar-refractivity contribution in [3.8, 4) is 0 Å². The number of benzene rings is 1. The summed E-state index contributed by atoms with van der Waals surface area (Å²) in [7, 11) is 0. The average molecular weight is 337 g/mol. The molecule has 3 N–H and O–H groups in total. The van der Waals surface area contributed by atoms with Gasteiger partial charge in [-0.3, -0.25) is 20.4 Å². The molecule has 0 saturated heterocycles. The van der Waals surface area contributed by atoms with E-state index in [-0.39, 0.29) is 11.3 Å². The highest BCUT2D eigenvalue weighted by Gasteiger charge is 2.47. The van der Waals surface area contributed by atoms with Crippen LogP contribution in [0.4, 0.5) is 13.2 Å². The number of alkyl halides is 3. The van der Waals surface area contributed by atoms with Gasteiger partial charge in [0.05, 0.1) is 5.56 Å². The number of hydrazine groups is 1. The van der Waals surface area contributed by atoms with Crippen LogP contribution in [-0.2, 0) is 11.0 Å². The Kier molecular flexibility index (Phi) is 4.04. The summed E-state index contributed by atoms with van der Waals surface area (Å²) < 4.78 is 39.0. The van der Waals surface area contributed by atoms with Gasteiger partial charge in [0.1, 0.15) is 5.69 Å². The molecular formula is C16H14F3N3O2. The minimum absolute atomic E-state index is 0.112. The molecule has 126 valence electrons. The molecule has 0 bridgehead atoms. The first-order chi connectivity index (χ1) is 11.4. The van der Waals surface area contributed by atoms with E-state index in [1.54, 1.807) is 12.3 Å². The second kappa shape index (κ2) is 6.03. The Morgan fingerprint density at radius 3 is 2.50 bits per heavy atom. The average Bonchev–Trinajstić information content (AvgIpc) is 3.16. The number of aromatic amines is 1. The molecule has 0 spiro atoms. The molecular weight excluding hydrogens is 323 g/mol. The summed E-state index contributed by atoms with van der Waals surface area (Å²) in [4.78, 5) is 26.4. The van der Waals surface area contributed by atoms with Gasteiger partial charge >= 0.3 is 6.18 Å². The highest BCUT2D eigenvalue weighted by molar-refractivity contribution is 5.94. The second-order valence-corrected chi connectivity index (χ2v) is 5.56. The molecule has 3 rings (SSSR count). The number of hydrogen-bond acceptors (Lipinski definition) is 2. The van der Waals surface area contributed by atoms with Crippen LogP contribution in [0.1, 0.15) is 34.0 Å². The van der Waals surface area contributed by atoms with E-state index in [9.17, 15) is 22.8 Å². The molecule has 1 aromatic carbocycles. The van der Waals surface area contributed by atoms with Gasteiger partial charge < -0.3 is 4.98 Å². The minimum atomic E-state index is -4.46. The zero-order valence-electron chi connectivity index (χ0n) is 12.4. The first kappa shape index (κ1) is 16.1. The van der Waals surface area contributed by atoms with Gasteiger partial charge in [-0.1, -0.05) is 18.2 Å². The van der Waals surface area contributed by atoms with E-state index in [0.29, 0.717) is 6.42 Å². The first-order valence-corrected chi connectivity index (χ1v) is 7.27. The van der Waals surface area contributed by atoms with Crippen molar-refractivity contribution >= 4 is 11.8 Å². The Morgan fingerprint density at radius 1 is 1.08 bits per heavy atom. The van der Waals surface area contributed by atoms with Gasteiger partial charge in [0, 0.05) is 12.1 Å². The Hall–Kier alpha value is -2.77. The molecule has 1 heterocycles. The van der Waals surface area contributed by atoms with Crippen LogP contribution in [0.5, 0.6) is 0 Å². The van der Waals surface area contributed by atoms with E-state index >= 15 is 0 Å². The topological polar surface area (TPSA) is 74.0 Å². The van der Waals surface area contributed by atoms with Gasteiger partial charge in [0.25, 0.3) is 5.91 Å². The van der Waals surface area contributed by atoms with Crippen molar-refractivity contribution in [3.05, 3.63) is 59.4 Å². The number of H-pyrrole nitrogens is 1. The number of halogens is 3. The molecule has 0 radical (unpaired) electrons. The van der Waals surface area contributed by atoms with E-state index in [1.807, 2.05) is 0 Å². The Labute approximate surface area is 135 Å². The van der Waals surface area contributed by atoms with Crippen LogP contribution < -0.4 is 10.9 Å². The van der Waals surface area contributed by atoms with Crippen LogP contribution in [0, 0.1) is 5.92 Å². The summed E-state index contributed by atoms with van der Waals surface area (Å²) >= 11 is 0. The van der Waals surface area contributed by atoms with Crippen molar-refractivity contribution in [3.63, 3.8) is 0 Å². The summed E-state index contributed by atoms with van der Waals surface area (Å²) in [6, 6.07) is 8.39. The monoisotopic (exact) mass is 337 g/mol. The highest BCUT2D eigenvalue weighted by Crippen LogP contribution is 2.50. The highest BCUT2D eigenvalue weighted by atomic mass is 19.4. The van der Waals surface area contributed by atoms with Gasteiger partial charge in [0.2, 0.25) is 5.91 Å². The zero-order chi connectivity index (χ0) is 17.3. The first-order valence-electron chi connectivity index (χ1n) is 7.27. The quantitative estimate of drug-likeness (QED) is 0.753. The van der Waals surface area contributed by atoms with Crippen LogP contribution in [0.3, 0.4) is 0 Å². The lowest BCUT2D eigenvalue weighted by Gasteiger charge is -2.12. The second-order valence-electron chi connectivity index (χ2n) is 5.56. The van der Waals surface area contributed by atoms with Crippen molar-refractivity contribution in [2.24, 2.45) is 5.92 Å². The number of carbonyl (C=O) groups excluding carboxylic acids is 2. The maximum Gasteiger partial charge on any atom is 0.416 e. The Morgan fingerprint density at radius 2 is 1.83 bits per heavy atom. The molecule has 5 nitrogen and oxygen atoms in total. The van der Waals surface area contributed by atoms with Gasteiger partial charge in [-0.05, 0) is 36.1 Å². The van der Waals surface area contributed by atoms with Crippen molar-refractivity contribution in [1.29, 1.82) is 0 Å². The lowest BCUT2D eigenvalue weighted by molar-refractivity contribution is -0.138. The summed E-state index contributed by atoms with van der Waals surface area (Å²) in [5, 5.41) is 0. The maximum atomic E-state index is 13.0. The number of nitrogens with one attached hydrogen (secondary N) is 3. The van der Waals surface area contributed by atoms with Gasteiger partial charge in [-0.25, -0.2) is 0 Å². The maximum absolute atomic E-state index is 13.0. The summed E-state index contributed by atoms with van der Waals surface area (Å²) in [6.45, 7) is 0. The molecule has 0 aliphatic heterocycles. The van der Waals surface area contributed by atoms with Gasteiger partial charge in [-0.15, -0.1) is 0 Å². The lowest BCUT2D eigenvalue weighted by atomic mass is 10.0. The van der Waals surface area contributed by atoms with E-state index in [2.05, 4.69) is 15.8 Å². The molecule has 1 aliphatic carbocycles. The van der Waals surface area contributed by atoms with Crippen LogP contribution in [-0.4, -0.2) is 16.8 Å². The largest absolute Gasteiger partial charge is 0.416 e. The molecule has 8 heteroatoms. The van der Waals surface area contributed by atoms with Crippen LogP contribution in [0.15, 0.2) is 42.6 Å². The SMILES string of the molecule is O=C(NNC(=O)[C@@H]1C[C@@H]1c1ccccc1C(F)(F)F)c1ccc[nH]1. The molecule has 2 amide bonds. The molecule has 1 aliphatic rings. The molecule has 2 aromatic rings. The normalized spacial score (nSPS) is 19.6. The Balaban J connectivity index is 1.61. The molecule has 0 unspecified atom stereocenters. The van der Waals surface area contributed by atoms with Gasteiger partial charge in [-0.2, -0.15) is 13.2 Å². The van der Waals surface area contributed by atoms with Crippen molar-refractivity contribution in [2.75, 3.05) is 0 Å². The Bertz CT molecular complexity index is 756. The fourth-order valence-electron chi connectivity index (χ4n) is 2.66. The van der Waals surface area contributed by atoms with Crippen molar-refractivity contribution in [1.82, 2.24) is 15.8 Å². The van der Waals surface area contributed by atoms with Crippen molar-refractivity contribution in [2.45, 2.75) is 18.5 Å². The van der Waals surface area contributed by atoms with Crippen molar-refractivity contribution < 1.29 is 22.8 Å². The number of carbonyl (C=O) groups is 2. The molecule has 1 fully saturated rings. The molecule has 2 atom stereocenters. The predicted octanol–water partition coefficient (Wildman–Crippen LogP) is 2.60. The van der Waals surface area contributed by atoms with E-state index < -0.39 is 35.4 Å². The third-order valence-corrected chi connectivity index (χ3v) is 3.93. The number of hydrogen-bond donors (Lipinski definition) is 3. The number of rotatable bonds is 3. The van der Waals surface area contributed by atoms with Crippen LogP contribution in [0.2, 0.25) is 0 Å². The summed E-state index contributed by atoms with van der Waals surface area (Å²) in [5.74, 6) is -2.11. The predicted molar refractivity (Wildman–Crippen MR) is 78.7 cm³/mol. The molecule has 24 heavy (non-hydrogen) atoms. The number of amides is 2.